The number of amides is 3. The van der Waals surface area contributed by atoms with E-state index in [9.17, 15) is 19.5 Å². The molecule has 180 valence electrons. The van der Waals surface area contributed by atoms with Gasteiger partial charge in [-0.25, -0.2) is 9.59 Å². The molecule has 2 aromatic carbocycles. The van der Waals surface area contributed by atoms with E-state index < -0.39 is 18.2 Å². The first-order chi connectivity index (χ1) is 15.5. The van der Waals surface area contributed by atoms with Crippen molar-refractivity contribution in [2.75, 3.05) is 41.8 Å². The number of halogens is 1. The molecule has 2 rings (SSSR count). The van der Waals surface area contributed by atoms with Crippen molar-refractivity contribution in [3.63, 3.8) is 0 Å². The summed E-state index contributed by atoms with van der Waals surface area (Å²) in [6.07, 6.45) is -0.343. The third-order valence-electron chi connectivity index (χ3n) is 4.27. The zero-order valence-corrected chi connectivity index (χ0v) is 20.2. The van der Waals surface area contributed by atoms with Crippen LogP contribution in [0.3, 0.4) is 0 Å². The molecular formula is C23H30ClN3O6. The minimum Gasteiger partial charge on any atom is -0.493 e. The summed E-state index contributed by atoms with van der Waals surface area (Å²) >= 11 is 5.94. The fourth-order valence-corrected chi connectivity index (χ4v) is 2.69. The highest BCUT2D eigenvalue weighted by molar-refractivity contribution is 6.30. The molecule has 33 heavy (non-hydrogen) atoms. The monoisotopic (exact) mass is 479 g/mol. The first kappa shape index (κ1) is 27.6. The lowest BCUT2D eigenvalue weighted by molar-refractivity contribution is -0.115. The van der Waals surface area contributed by atoms with E-state index in [0.29, 0.717) is 29.5 Å². The molecule has 0 radical (unpaired) electrons. The van der Waals surface area contributed by atoms with Gasteiger partial charge in [0.2, 0.25) is 6.41 Å². The summed E-state index contributed by atoms with van der Waals surface area (Å²) in [6, 6.07) is 13.3. The van der Waals surface area contributed by atoms with Crippen molar-refractivity contribution >= 4 is 30.2 Å². The van der Waals surface area contributed by atoms with Gasteiger partial charge < -0.3 is 29.3 Å². The van der Waals surface area contributed by atoms with Gasteiger partial charge in [-0.2, -0.15) is 0 Å². The molecule has 9 nitrogen and oxygen atoms in total. The largest absolute Gasteiger partial charge is 0.493 e. The zero-order chi connectivity index (χ0) is 25.0. The Kier molecular flexibility index (Phi) is 11.6. The Bertz CT molecular complexity index is 905. The Morgan fingerprint density at radius 2 is 1.64 bits per heavy atom. The van der Waals surface area contributed by atoms with Gasteiger partial charge in [-0.05, 0) is 35.9 Å². The van der Waals surface area contributed by atoms with Crippen LogP contribution >= 0.6 is 11.6 Å². The van der Waals surface area contributed by atoms with Crippen LogP contribution in [0.25, 0.3) is 0 Å². The quantitative estimate of drug-likeness (QED) is 0.569. The van der Waals surface area contributed by atoms with Gasteiger partial charge in [0.05, 0.1) is 12.6 Å². The molecule has 0 saturated heterocycles. The summed E-state index contributed by atoms with van der Waals surface area (Å²) in [4.78, 5) is 36.5. The van der Waals surface area contributed by atoms with Gasteiger partial charge >= 0.3 is 12.2 Å². The number of rotatable bonds is 8. The molecule has 2 aromatic rings. The van der Waals surface area contributed by atoms with Gasteiger partial charge in [0.15, 0.2) is 0 Å². The minimum atomic E-state index is -1.05. The molecule has 1 N–H and O–H groups in total. The second-order valence-corrected chi connectivity index (χ2v) is 7.84. The molecule has 0 aliphatic carbocycles. The maximum absolute atomic E-state index is 11.6. The minimum absolute atomic E-state index is 0.306. The summed E-state index contributed by atoms with van der Waals surface area (Å²) in [5.74, 6) is 1.00. The molecule has 3 amide bonds. The van der Waals surface area contributed by atoms with E-state index in [-0.39, 0.29) is 0 Å². The van der Waals surface area contributed by atoms with Gasteiger partial charge in [-0.3, -0.25) is 4.79 Å². The maximum atomic E-state index is 11.6. The van der Waals surface area contributed by atoms with E-state index in [1.165, 1.54) is 21.7 Å². The molecular weight excluding hydrogens is 450 g/mol. The fraction of sp³-hybridized carbons (Fsp3) is 0.348. The van der Waals surface area contributed by atoms with Crippen molar-refractivity contribution in [2.45, 2.75) is 12.5 Å². The predicted molar refractivity (Wildman–Crippen MR) is 126 cm³/mol. The van der Waals surface area contributed by atoms with Gasteiger partial charge in [-0.15, -0.1) is 0 Å². The van der Waals surface area contributed by atoms with Crippen LogP contribution in [0.4, 0.5) is 9.59 Å². The van der Waals surface area contributed by atoms with Gasteiger partial charge in [0, 0.05) is 46.7 Å². The molecule has 0 aliphatic heterocycles. The van der Waals surface area contributed by atoms with Crippen LogP contribution in [-0.4, -0.2) is 80.2 Å². The van der Waals surface area contributed by atoms with E-state index >= 15 is 0 Å². The third-order valence-corrected chi connectivity index (χ3v) is 4.51. The second-order valence-electron chi connectivity index (χ2n) is 7.40. The van der Waals surface area contributed by atoms with E-state index in [4.69, 9.17) is 21.1 Å². The molecule has 0 aliphatic rings. The Balaban J connectivity index is 0.000000981. The number of hydrogen-bond donors (Lipinski definition) is 1. The van der Waals surface area contributed by atoms with Crippen molar-refractivity contribution < 1.29 is 29.0 Å². The number of benzene rings is 2. The highest BCUT2D eigenvalue weighted by Crippen LogP contribution is 2.26. The fourth-order valence-electron chi connectivity index (χ4n) is 2.51. The summed E-state index contributed by atoms with van der Waals surface area (Å²) < 4.78 is 10.9. The highest BCUT2D eigenvalue weighted by Gasteiger charge is 2.21. The first-order valence-corrected chi connectivity index (χ1v) is 10.4. The SMILES string of the molecule is CN(C)C(=O)Oc1ccc([C@@H](CCOc2cccc(Cl)c2)N(C)C(=O)O)cc1.CN(C)C=O. The predicted octanol–water partition coefficient (Wildman–Crippen LogP) is 4.22. The number of nitrogens with zero attached hydrogens (tertiary/aromatic N) is 3. The first-order valence-electron chi connectivity index (χ1n) is 10.00. The summed E-state index contributed by atoms with van der Waals surface area (Å²) in [6.45, 7) is 0.306. The maximum Gasteiger partial charge on any atom is 0.414 e. The Hall–Kier alpha value is -3.46. The molecule has 0 spiro atoms. The third kappa shape index (κ3) is 10.1. The number of ether oxygens (including phenoxy) is 2. The van der Waals surface area contributed by atoms with Crippen LogP contribution in [0, 0.1) is 0 Å². The number of carbonyl (C=O) groups excluding carboxylic acids is 2. The number of carbonyl (C=O) groups is 3. The Labute approximate surface area is 199 Å². The molecule has 0 bridgehead atoms. The van der Waals surface area contributed by atoms with Crippen LogP contribution in [0.15, 0.2) is 48.5 Å². The lowest BCUT2D eigenvalue weighted by Crippen LogP contribution is -2.31. The lowest BCUT2D eigenvalue weighted by atomic mass is 10.0. The van der Waals surface area contributed by atoms with Crippen molar-refractivity contribution in [3.8, 4) is 11.5 Å². The molecule has 0 aromatic heterocycles. The molecule has 0 fully saturated rings. The van der Waals surface area contributed by atoms with Crippen molar-refractivity contribution in [1.82, 2.24) is 14.7 Å². The van der Waals surface area contributed by atoms with Crippen LogP contribution in [-0.2, 0) is 4.79 Å². The summed E-state index contributed by atoms with van der Waals surface area (Å²) in [7, 11) is 8.06. The number of hydrogen-bond acceptors (Lipinski definition) is 5. The lowest BCUT2D eigenvalue weighted by Gasteiger charge is -2.26. The molecule has 0 unspecified atom stereocenters. The summed E-state index contributed by atoms with van der Waals surface area (Å²) in [5, 5.41) is 9.96. The average Bonchev–Trinajstić information content (AvgIpc) is 2.77. The van der Waals surface area contributed by atoms with E-state index in [0.717, 1.165) is 12.0 Å². The van der Waals surface area contributed by atoms with Gasteiger partial charge in [0.1, 0.15) is 11.5 Å². The van der Waals surface area contributed by atoms with Crippen LogP contribution < -0.4 is 9.47 Å². The number of carboxylic acid groups (broad SMARTS) is 1. The van der Waals surface area contributed by atoms with Crippen molar-refractivity contribution in [2.24, 2.45) is 0 Å². The van der Waals surface area contributed by atoms with Crippen LogP contribution in [0.2, 0.25) is 5.02 Å². The van der Waals surface area contributed by atoms with Crippen molar-refractivity contribution in [3.05, 3.63) is 59.1 Å². The van der Waals surface area contributed by atoms with Crippen LogP contribution in [0.5, 0.6) is 11.5 Å². The van der Waals surface area contributed by atoms with Crippen LogP contribution in [0.1, 0.15) is 18.0 Å². The normalized spacial score (nSPS) is 10.7. The molecule has 1 atom stereocenters. The van der Waals surface area contributed by atoms with Crippen molar-refractivity contribution in [1.29, 1.82) is 0 Å². The van der Waals surface area contributed by atoms with Gasteiger partial charge in [-0.1, -0.05) is 29.8 Å². The second kappa shape index (κ2) is 13.8. The zero-order valence-electron chi connectivity index (χ0n) is 19.4. The van der Waals surface area contributed by atoms with E-state index in [1.54, 1.807) is 76.7 Å². The molecule has 0 saturated carbocycles. The standard InChI is InChI=1S/C20H23ClN2O5.C3H7NO/c1-22(2)20(26)28-16-9-7-14(8-10-16)18(23(3)19(24)25)11-12-27-17-6-4-5-15(21)13-17;1-4(2)3-5/h4-10,13,18H,11-12H2,1-3H3,(H,24,25);3H,1-2H3/t18-;/m1./s1. The van der Waals surface area contributed by atoms with E-state index in [2.05, 4.69) is 0 Å². The Morgan fingerprint density at radius 1 is 1.03 bits per heavy atom. The average molecular weight is 480 g/mol. The summed E-state index contributed by atoms with van der Waals surface area (Å²) in [5.41, 5.74) is 0.768. The Morgan fingerprint density at radius 3 is 2.12 bits per heavy atom. The molecule has 10 heteroatoms. The topological polar surface area (TPSA) is 99.6 Å². The van der Waals surface area contributed by atoms with E-state index in [1.807, 2.05) is 0 Å². The smallest absolute Gasteiger partial charge is 0.414 e. The molecule has 0 heterocycles. The highest BCUT2D eigenvalue weighted by atomic mass is 35.5. The van der Waals surface area contributed by atoms with Gasteiger partial charge in [0.25, 0.3) is 0 Å².